The smallest absolute Gasteiger partial charge is 0.337 e. The minimum absolute atomic E-state index is 0.0545. The molecule has 2 heterocycles. The molecule has 0 aliphatic heterocycles. The van der Waals surface area contributed by atoms with Crippen LogP contribution < -0.4 is 20.7 Å². The van der Waals surface area contributed by atoms with Gasteiger partial charge in [-0.25, -0.2) is 4.79 Å². The minimum Gasteiger partial charge on any atom is -0.496 e. The number of nitrogens with zero attached hydrogens (tertiary/aromatic N) is 1. The van der Waals surface area contributed by atoms with Crippen molar-refractivity contribution in [3.8, 4) is 11.8 Å². The molecule has 1 aromatic carbocycles. The predicted molar refractivity (Wildman–Crippen MR) is 92.6 cm³/mol. The van der Waals surface area contributed by atoms with Gasteiger partial charge in [0, 0.05) is 16.7 Å². The van der Waals surface area contributed by atoms with E-state index in [1.807, 2.05) is 6.92 Å². The minimum atomic E-state index is -0.565. The van der Waals surface area contributed by atoms with Crippen LogP contribution in [0.5, 0.6) is 11.8 Å². The molecule has 0 saturated carbocycles. The van der Waals surface area contributed by atoms with Gasteiger partial charge in [0.25, 0.3) is 11.6 Å². The van der Waals surface area contributed by atoms with Crippen LogP contribution in [0, 0.1) is 0 Å². The number of ether oxygens (including phenoxy) is 2. The van der Waals surface area contributed by atoms with Gasteiger partial charge in [0.05, 0.1) is 7.11 Å². The summed E-state index contributed by atoms with van der Waals surface area (Å²) in [5, 5.41) is 0.771. The second-order valence-electron chi connectivity index (χ2n) is 5.24. The molecule has 0 aliphatic rings. The highest BCUT2D eigenvalue weighted by Crippen LogP contribution is 2.23. The number of fused-ring (bicyclic) bond motifs is 1. The van der Waals surface area contributed by atoms with Crippen LogP contribution in [0.2, 0.25) is 5.02 Å². The molecule has 1 N–H and O–H groups in total. The van der Waals surface area contributed by atoms with Crippen LogP contribution in [-0.2, 0) is 13.0 Å². The van der Waals surface area contributed by atoms with Gasteiger partial charge in [-0.2, -0.15) is 4.98 Å². The zero-order chi connectivity index (χ0) is 18.0. The summed E-state index contributed by atoms with van der Waals surface area (Å²) >= 11 is 5.98. The molecule has 0 aliphatic carbocycles. The van der Waals surface area contributed by atoms with E-state index < -0.39 is 11.2 Å². The molecule has 3 aromatic rings. The van der Waals surface area contributed by atoms with E-state index in [9.17, 15) is 9.59 Å². The van der Waals surface area contributed by atoms with E-state index in [0.717, 1.165) is 0 Å². The number of methoxy groups -OCH3 is 1. The van der Waals surface area contributed by atoms with Crippen molar-refractivity contribution in [2.45, 2.75) is 20.0 Å². The lowest BCUT2D eigenvalue weighted by Crippen LogP contribution is -2.15. The van der Waals surface area contributed by atoms with Crippen LogP contribution in [0.1, 0.15) is 18.1 Å². The van der Waals surface area contributed by atoms with Crippen molar-refractivity contribution in [3.05, 3.63) is 61.2 Å². The van der Waals surface area contributed by atoms with Gasteiger partial charge in [-0.3, -0.25) is 9.78 Å². The first-order valence-electron chi connectivity index (χ1n) is 7.54. The van der Waals surface area contributed by atoms with Crippen LogP contribution in [-0.4, -0.2) is 17.1 Å². The third-order valence-electron chi connectivity index (χ3n) is 3.66. The van der Waals surface area contributed by atoms with Crippen LogP contribution in [0.15, 0.2) is 38.3 Å². The molecular weight excluding hydrogens is 348 g/mol. The highest BCUT2D eigenvalue weighted by Gasteiger charge is 2.13. The van der Waals surface area contributed by atoms with Gasteiger partial charge in [-0.05, 0) is 30.2 Å². The quantitative estimate of drug-likeness (QED) is 0.749. The monoisotopic (exact) mass is 362 g/mol. The Bertz CT molecular complexity index is 1040. The number of hydrogen-bond donors (Lipinski definition) is 1. The maximum Gasteiger partial charge on any atom is 0.337 e. The maximum absolute atomic E-state index is 12.3. The van der Waals surface area contributed by atoms with Crippen LogP contribution >= 0.6 is 11.6 Å². The standard InChI is InChI=1S/C17H15ClN2O5/c1-3-9-7-13(21)25-16-14(9)15(22)19-17(20-16)24-8-10-6-11(18)4-5-12(10)23-2/h4-7H,3,8H2,1-2H3,(H,19,20,22). The van der Waals surface area contributed by atoms with Crippen molar-refractivity contribution in [2.24, 2.45) is 0 Å². The highest BCUT2D eigenvalue weighted by molar-refractivity contribution is 6.30. The molecule has 0 bridgehead atoms. The number of benzene rings is 1. The number of aromatic nitrogens is 2. The Morgan fingerprint density at radius 1 is 1.24 bits per heavy atom. The lowest BCUT2D eigenvalue weighted by Gasteiger charge is -2.10. The summed E-state index contributed by atoms with van der Waals surface area (Å²) in [4.78, 5) is 30.5. The molecule has 0 radical (unpaired) electrons. The van der Waals surface area contributed by atoms with Gasteiger partial charge in [0.1, 0.15) is 17.7 Å². The fraction of sp³-hybridized carbons (Fsp3) is 0.235. The van der Waals surface area contributed by atoms with Gasteiger partial charge < -0.3 is 13.9 Å². The Morgan fingerprint density at radius 2 is 2.04 bits per heavy atom. The molecule has 25 heavy (non-hydrogen) atoms. The van der Waals surface area contributed by atoms with Crippen molar-refractivity contribution >= 4 is 22.7 Å². The van der Waals surface area contributed by atoms with Gasteiger partial charge in [-0.15, -0.1) is 0 Å². The van der Waals surface area contributed by atoms with E-state index in [2.05, 4.69) is 9.97 Å². The summed E-state index contributed by atoms with van der Waals surface area (Å²) in [7, 11) is 1.53. The number of halogens is 1. The van der Waals surface area contributed by atoms with Crippen molar-refractivity contribution in [1.82, 2.24) is 9.97 Å². The Kier molecular flexibility index (Phi) is 4.76. The molecule has 7 nitrogen and oxygen atoms in total. The third kappa shape index (κ3) is 3.51. The van der Waals surface area contributed by atoms with Crippen molar-refractivity contribution in [2.75, 3.05) is 7.11 Å². The summed E-state index contributed by atoms with van der Waals surface area (Å²) in [5.41, 5.74) is 0.203. The number of hydrogen-bond acceptors (Lipinski definition) is 6. The number of H-pyrrole nitrogens is 1. The molecule has 0 amide bonds. The van der Waals surface area contributed by atoms with Crippen LogP contribution in [0.25, 0.3) is 11.1 Å². The molecule has 0 saturated heterocycles. The first-order chi connectivity index (χ1) is 12.0. The van der Waals surface area contributed by atoms with Gasteiger partial charge in [0.15, 0.2) is 0 Å². The molecule has 8 heteroatoms. The molecule has 130 valence electrons. The van der Waals surface area contributed by atoms with E-state index in [1.54, 1.807) is 18.2 Å². The summed E-state index contributed by atoms with van der Waals surface area (Å²) in [6.07, 6.45) is 0.507. The Hall–Kier alpha value is -2.80. The van der Waals surface area contributed by atoms with E-state index in [4.69, 9.17) is 25.5 Å². The van der Waals surface area contributed by atoms with Gasteiger partial charge in [-0.1, -0.05) is 18.5 Å². The van der Waals surface area contributed by atoms with E-state index in [-0.39, 0.29) is 23.7 Å². The molecule has 0 unspecified atom stereocenters. The van der Waals surface area contributed by atoms with Crippen LogP contribution in [0.3, 0.4) is 0 Å². The summed E-state index contributed by atoms with van der Waals surface area (Å²) in [5.74, 6) is 0.590. The maximum atomic E-state index is 12.3. The number of aromatic amines is 1. The van der Waals surface area contributed by atoms with Crippen LogP contribution in [0.4, 0.5) is 0 Å². The van der Waals surface area contributed by atoms with E-state index >= 15 is 0 Å². The molecular formula is C17H15ClN2O5. The lowest BCUT2D eigenvalue weighted by atomic mass is 10.1. The lowest BCUT2D eigenvalue weighted by molar-refractivity contribution is 0.272. The summed E-state index contributed by atoms with van der Waals surface area (Å²) < 4.78 is 15.8. The first kappa shape index (κ1) is 17.0. The largest absolute Gasteiger partial charge is 0.496 e. The fourth-order valence-corrected chi connectivity index (χ4v) is 2.68. The normalized spacial score (nSPS) is 10.8. The van der Waals surface area contributed by atoms with E-state index in [1.165, 1.54) is 13.2 Å². The average Bonchev–Trinajstić information content (AvgIpc) is 2.58. The molecule has 0 fully saturated rings. The first-order valence-corrected chi connectivity index (χ1v) is 7.92. The van der Waals surface area contributed by atoms with Crippen molar-refractivity contribution in [1.29, 1.82) is 0 Å². The molecule has 0 atom stereocenters. The molecule has 2 aromatic heterocycles. The second kappa shape index (κ2) is 6.98. The molecule has 3 rings (SSSR count). The topological polar surface area (TPSA) is 94.4 Å². The Morgan fingerprint density at radius 3 is 2.76 bits per heavy atom. The zero-order valence-corrected chi connectivity index (χ0v) is 14.3. The number of aryl methyl sites for hydroxylation is 1. The Labute approximate surface area is 147 Å². The predicted octanol–water partition coefficient (Wildman–Crippen LogP) is 2.68. The van der Waals surface area contributed by atoms with Crippen molar-refractivity contribution in [3.63, 3.8) is 0 Å². The average molecular weight is 363 g/mol. The van der Waals surface area contributed by atoms with Gasteiger partial charge in [0.2, 0.25) is 5.71 Å². The molecule has 0 spiro atoms. The zero-order valence-electron chi connectivity index (χ0n) is 13.6. The summed E-state index contributed by atoms with van der Waals surface area (Å²) in [6, 6.07) is 6.33. The Balaban J connectivity index is 1.97. The third-order valence-corrected chi connectivity index (χ3v) is 3.90. The van der Waals surface area contributed by atoms with Gasteiger partial charge >= 0.3 is 5.63 Å². The SMILES string of the molecule is CCc1cc(=O)oc2nc(OCc3cc(Cl)ccc3OC)[nH]c(=O)c12. The highest BCUT2D eigenvalue weighted by atomic mass is 35.5. The number of rotatable bonds is 5. The number of nitrogens with one attached hydrogen (secondary N) is 1. The van der Waals surface area contributed by atoms with E-state index in [0.29, 0.717) is 28.3 Å². The fourth-order valence-electron chi connectivity index (χ4n) is 2.48. The summed E-state index contributed by atoms with van der Waals surface area (Å²) in [6.45, 7) is 1.90. The second-order valence-corrected chi connectivity index (χ2v) is 5.68. The van der Waals surface area contributed by atoms with Crippen molar-refractivity contribution < 1.29 is 13.9 Å².